The van der Waals surface area contributed by atoms with Crippen LogP contribution in [0.4, 0.5) is 10.1 Å². The van der Waals surface area contributed by atoms with Gasteiger partial charge in [0.05, 0.1) is 17.7 Å². The van der Waals surface area contributed by atoms with Crippen LogP contribution in [0.5, 0.6) is 0 Å². The fraction of sp³-hybridized carbons (Fsp3) is 0.389. The van der Waals surface area contributed by atoms with E-state index in [4.69, 9.17) is 5.84 Å². The van der Waals surface area contributed by atoms with Crippen LogP contribution in [0, 0.1) is 5.82 Å². The van der Waals surface area contributed by atoms with Gasteiger partial charge in [-0.1, -0.05) is 0 Å². The summed E-state index contributed by atoms with van der Waals surface area (Å²) in [7, 11) is 0. The summed E-state index contributed by atoms with van der Waals surface area (Å²) in [5, 5.41) is 9.26. The molecule has 1 saturated heterocycles. The first-order valence-electron chi connectivity index (χ1n) is 9.25. The average Bonchev–Trinajstić information content (AvgIpc) is 2.75. The van der Waals surface area contributed by atoms with Gasteiger partial charge in [-0.25, -0.2) is 15.0 Å². The lowest BCUT2D eigenvalue weighted by Gasteiger charge is -2.35. The number of halogens is 1. The molecule has 0 bridgehead atoms. The molecule has 8 N–H and O–H groups in total. The molecule has 0 atom stereocenters. The summed E-state index contributed by atoms with van der Waals surface area (Å²) in [5.74, 6) is 10.9. The summed E-state index contributed by atoms with van der Waals surface area (Å²) in [6, 6.07) is 2.70. The number of hydrogen-bond acceptors (Lipinski definition) is 8. The van der Waals surface area contributed by atoms with Gasteiger partial charge >= 0.3 is 5.97 Å². The number of nitrogens with two attached hydrogens (primary N) is 3. The molecule has 1 aromatic heterocycles. The van der Waals surface area contributed by atoms with Crippen molar-refractivity contribution in [3.05, 3.63) is 39.9 Å². The maximum atomic E-state index is 14.8. The molecule has 12 heteroatoms. The van der Waals surface area contributed by atoms with E-state index in [1.165, 1.54) is 6.20 Å². The van der Waals surface area contributed by atoms with E-state index in [1.807, 2.05) is 16.7 Å². The number of carboxylic acids is 1. The highest BCUT2D eigenvalue weighted by Gasteiger charge is 2.23. The van der Waals surface area contributed by atoms with Crippen LogP contribution in [-0.4, -0.2) is 59.2 Å². The van der Waals surface area contributed by atoms with E-state index in [0.717, 1.165) is 6.07 Å². The standard InChI is InChI=1S/C18H22FN5O4.H4N2/c1-2-23-9-12(18(27)28)17(26)11-7-13(19)15(8-14(11)23)24-5-3-22(4-6-24)10-16(25)21-20;1-2/h7-9H,2-6,10,20H2,1H3,(H,21,25)(H,27,28);1-2H2. The Balaban J connectivity index is 0.00000155. The number of aryl methyl sites for hydroxylation is 1. The lowest BCUT2D eigenvalue weighted by Crippen LogP contribution is -2.50. The van der Waals surface area contributed by atoms with Gasteiger partial charge in [-0.05, 0) is 19.1 Å². The van der Waals surface area contributed by atoms with E-state index in [-0.39, 0.29) is 23.4 Å². The second-order valence-electron chi connectivity index (χ2n) is 6.61. The van der Waals surface area contributed by atoms with Gasteiger partial charge in [0.2, 0.25) is 11.3 Å². The molecule has 1 aromatic carbocycles. The number of fused-ring (bicyclic) bond motifs is 1. The summed E-state index contributed by atoms with van der Waals surface area (Å²) in [5.41, 5.74) is 1.84. The Morgan fingerprint density at radius 1 is 1.20 bits per heavy atom. The minimum atomic E-state index is -1.34. The fourth-order valence-electron chi connectivity index (χ4n) is 3.45. The van der Waals surface area contributed by atoms with Crippen molar-refractivity contribution in [2.24, 2.45) is 17.5 Å². The SMILES string of the molecule is CCn1cc(C(=O)O)c(=O)c2cc(F)c(N3CCN(CC(=O)NN)CC3)cc21.NN. The smallest absolute Gasteiger partial charge is 0.341 e. The van der Waals surface area contributed by atoms with Gasteiger partial charge in [-0.2, -0.15) is 0 Å². The van der Waals surface area contributed by atoms with E-state index in [9.17, 15) is 23.9 Å². The van der Waals surface area contributed by atoms with Crippen LogP contribution < -0.4 is 33.3 Å². The molecule has 1 amide bonds. The third-order valence-corrected chi connectivity index (χ3v) is 4.96. The number of hydrazine groups is 2. The van der Waals surface area contributed by atoms with Gasteiger partial charge in [-0.15, -0.1) is 0 Å². The minimum absolute atomic E-state index is 0.0428. The van der Waals surface area contributed by atoms with E-state index >= 15 is 0 Å². The van der Waals surface area contributed by atoms with E-state index in [2.05, 4.69) is 17.1 Å². The molecule has 30 heavy (non-hydrogen) atoms. The fourth-order valence-corrected chi connectivity index (χ4v) is 3.45. The predicted molar refractivity (Wildman–Crippen MR) is 110 cm³/mol. The Kier molecular flexibility index (Phi) is 7.83. The molecule has 3 rings (SSSR count). The van der Waals surface area contributed by atoms with Crippen molar-refractivity contribution < 1.29 is 19.1 Å². The topological polar surface area (TPSA) is 173 Å². The third-order valence-electron chi connectivity index (χ3n) is 4.96. The molecule has 0 unspecified atom stereocenters. The molecule has 0 spiro atoms. The van der Waals surface area contributed by atoms with E-state index in [0.29, 0.717) is 43.9 Å². The summed E-state index contributed by atoms with van der Waals surface area (Å²) in [4.78, 5) is 38.9. The molecule has 11 nitrogen and oxygen atoms in total. The average molecular weight is 423 g/mol. The van der Waals surface area contributed by atoms with Crippen molar-refractivity contribution >= 4 is 28.5 Å². The molecular formula is C18H26FN7O4. The second kappa shape index (κ2) is 10.1. The van der Waals surface area contributed by atoms with Crippen LogP contribution in [-0.2, 0) is 11.3 Å². The molecule has 2 aromatic rings. The Hall–Kier alpha value is -3.06. The van der Waals surface area contributed by atoms with Gasteiger partial charge < -0.3 is 14.6 Å². The highest BCUT2D eigenvalue weighted by atomic mass is 19.1. The van der Waals surface area contributed by atoms with Crippen molar-refractivity contribution in [1.82, 2.24) is 14.9 Å². The van der Waals surface area contributed by atoms with Crippen LogP contribution in [0.1, 0.15) is 17.3 Å². The lowest BCUT2D eigenvalue weighted by molar-refractivity contribution is -0.122. The van der Waals surface area contributed by atoms with Gasteiger partial charge in [-0.3, -0.25) is 31.6 Å². The number of hydrogen-bond donors (Lipinski definition) is 5. The third kappa shape index (κ3) is 4.74. The number of anilines is 1. The number of aromatic nitrogens is 1. The van der Waals surface area contributed by atoms with Crippen molar-refractivity contribution in [3.8, 4) is 0 Å². The largest absolute Gasteiger partial charge is 0.477 e. The monoisotopic (exact) mass is 423 g/mol. The number of aromatic carboxylic acids is 1. The van der Waals surface area contributed by atoms with Gasteiger partial charge in [0.1, 0.15) is 11.4 Å². The zero-order valence-corrected chi connectivity index (χ0v) is 16.6. The minimum Gasteiger partial charge on any atom is -0.477 e. The number of benzene rings is 1. The summed E-state index contributed by atoms with van der Waals surface area (Å²) in [6.45, 7) is 4.56. The molecule has 0 saturated carbocycles. The quantitative estimate of drug-likeness (QED) is 0.225. The number of carbonyl (C=O) groups excluding carboxylic acids is 1. The van der Waals surface area contributed by atoms with Crippen molar-refractivity contribution in [2.45, 2.75) is 13.5 Å². The van der Waals surface area contributed by atoms with Crippen molar-refractivity contribution in [3.63, 3.8) is 0 Å². The Morgan fingerprint density at radius 2 is 1.83 bits per heavy atom. The summed E-state index contributed by atoms with van der Waals surface area (Å²) in [6.07, 6.45) is 1.29. The highest BCUT2D eigenvalue weighted by Crippen LogP contribution is 2.26. The number of rotatable bonds is 5. The van der Waals surface area contributed by atoms with Gasteiger partial charge in [0.15, 0.2) is 0 Å². The number of carboxylic acid groups (broad SMARTS) is 1. The molecular weight excluding hydrogens is 397 g/mol. The molecule has 2 heterocycles. The number of piperazine rings is 1. The summed E-state index contributed by atoms with van der Waals surface area (Å²) >= 11 is 0. The number of nitrogens with one attached hydrogen (secondary N) is 1. The summed E-state index contributed by atoms with van der Waals surface area (Å²) < 4.78 is 16.4. The molecule has 1 aliphatic rings. The van der Waals surface area contributed by atoms with E-state index < -0.39 is 17.2 Å². The first-order valence-corrected chi connectivity index (χ1v) is 9.25. The van der Waals surface area contributed by atoms with Crippen LogP contribution in [0.3, 0.4) is 0 Å². The maximum absolute atomic E-state index is 14.8. The number of carbonyl (C=O) groups is 2. The highest BCUT2D eigenvalue weighted by molar-refractivity contribution is 5.93. The molecule has 0 aliphatic carbocycles. The number of pyridine rings is 1. The van der Waals surface area contributed by atoms with Crippen LogP contribution in [0.15, 0.2) is 23.1 Å². The Bertz CT molecular complexity index is 987. The Labute approximate surface area is 171 Å². The van der Waals surface area contributed by atoms with Crippen LogP contribution >= 0.6 is 0 Å². The van der Waals surface area contributed by atoms with Gasteiger partial charge in [0.25, 0.3) is 0 Å². The maximum Gasteiger partial charge on any atom is 0.341 e. The van der Waals surface area contributed by atoms with Crippen molar-refractivity contribution in [2.75, 3.05) is 37.6 Å². The second-order valence-corrected chi connectivity index (χ2v) is 6.61. The van der Waals surface area contributed by atoms with E-state index in [1.54, 1.807) is 10.6 Å². The normalized spacial score (nSPS) is 14.2. The predicted octanol–water partition coefficient (Wildman–Crippen LogP) is -1.21. The lowest BCUT2D eigenvalue weighted by atomic mass is 10.1. The Morgan fingerprint density at radius 3 is 2.37 bits per heavy atom. The van der Waals surface area contributed by atoms with Crippen LogP contribution in [0.25, 0.3) is 10.9 Å². The first-order chi connectivity index (χ1) is 14.3. The number of amides is 1. The zero-order chi connectivity index (χ0) is 22.4. The van der Waals surface area contributed by atoms with Crippen LogP contribution in [0.2, 0.25) is 0 Å². The number of nitrogens with zero attached hydrogens (tertiary/aromatic N) is 3. The first kappa shape index (κ1) is 23.2. The zero-order valence-electron chi connectivity index (χ0n) is 16.6. The molecule has 0 radical (unpaired) electrons. The molecule has 1 fully saturated rings. The molecule has 164 valence electrons. The van der Waals surface area contributed by atoms with Crippen molar-refractivity contribution in [1.29, 1.82) is 0 Å². The van der Waals surface area contributed by atoms with Gasteiger partial charge in [0, 0.05) is 44.3 Å². The molecule has 1 aliphatic heterocycles.